The molecule has 1 heterocycles. The van der Waals surface area contributed by atoms with E-state index in [1.165, 1.54) is 12.1 Å². The zero-order chi connectivity index (χ0) is 23.3. The third kappa shape index (κ3) is 4.35. The molecule has 32 heavy (non-hydrogen) atoms. The lowest BCUT2D eigenvalue weighted by atomic mass is 10.00. The molecule has 0 aliphatic heterocycles. The molecule has 2 aromatic carbocycles. The fourth-order valence-corrected chi connectivity index (χ4v) is 3.58. The van der Waals surface area contributed by atoms with Crippen molar-refractivity contribution in [2.75, 3.05) is 5.32 Å². The van der Waals surface area contributed by atoms with Crippen LogP contribution >= 0.6 is 0 Å². The van der Waals surface area contributed by atoms with Crippen molar-refractivity contribution in [2.45, 2.75) is 37.7 Å². The summed E-state index contributed by atoms with van der Waals surface area (Å²) in [6.07, 6.45) is -7.40. The van der Waals surface area contributed by atoms with Crippen LogP contribution in [0.2, 0.25) is 0 Å². The second-order valence-electron chi connectivity index (χ2n) is 7.62. The van der Waals surface area contributed by atoms with Crippen LogP contribution in [0.15, 0.2) is 53.5 Å². The molecule has 1 fully saturated rings. The minimum Gasteiger partial charge on any atom is -0.325 e. The Bertz CT molecular complexity index is 1260. The van der Waals surface area contributed by atoms with Gasteiger partial charge in [0, 0.05) is 28.7 Å². The van der Waals surface area contributed by atoms with E-state index in [1.54, 1.807) is 22.9 Å². The van der Waals surface area contributed by atoms with Crippen LogP contribution in [0, 0.1) is 0 Å². The van der Waals surface area contributed by atoms with Gasteiger partial charge in [-0.2, -0.15) is 26.3 Å². The number of benzene rings is 2. The summed E-state index contributed by atoms with van der Waals surface area (Å²) in [5.74, 6) is -0.853. The summed E-state index contributed by atoms with van der Waals surface area (Å²) in [7, 11) is 0. The second kappa shape index (κ2) is 7.68. The highest BCUT2D eigenvalue weighted by atomic mass is 19.4. The number of fused-ring (bicyclic) bond motifs is 1. The molecule has 1 amide bonds. The molecule has 1 aromatic heterocycles. The van der Waals surface area contributed by atoms with E-state index in [9.17, 15) is 35.9 Å². The Morgan fingerprint density at radius 2 is 1.69 bits per heavy atom. The zero-order valence-electron chi connectivity index (χ0n) is 16.3. The number of amides is 1. The number of rotatable bonds is 4. The quantitative estimate of drug-likeness (QED) is 0.526. The van der Waals surface area contributed by atoms with Gasteiger partial charge in [0.05, 0.1) is 17.5 Å². The molecule has 10 heteroatoms. The fourth-order valence-electron chi connectivity index (χ4n) is 3.58. The Kier molecular flexibility index (Phi) is 5.26. The number of hydrogen-bond donors (Lipinski definition) is 1. The van der Waals surface area contributed by atoms with Crippen LogP contribution < -0.4 is 10.9 Å². The maximum Gasteiger partial charge on any atom is 0.416 e. The summed E-state index contributed by atoms with van der Waals surface area (Å²) >= 11 is 0. The monoisotopic (exact) mass is 454 g/mol. The van der Waals surface area contributed by atoms with Gasteiger partial charge in [-0.15, -0.1) is 0 Å². The summed E-state index contributed by atoms with van der Waals surface area (Å²) < 4.78 is 80.0. The van der Waals surface area contributed by atoms with E-state index < -0.39 is 41.4 Å². The molecule has 168 valence electrons. The molecule has 4 nitrogen and oxygen atoms in total. The number of hydrogen-bond acceptors (Lipinski definition) is 2. The first-order valence-corrected chi connectivity index (χ1v) is 9.66. The van der Waals surface area contributed by atoms with Crippen molar-refractivity contribution in [1.82, 2.24) is 4.57 Å². The Hall–Kier alpha value is -3.30. The van der Waals surface area contributed by atoms with Crippen LogP contribution in [0.4, 0.5) is 32.0 Å². The van der Waals surface area contributed by atoms with Gasteiger partial charge in [-0.1, -0.05) is 12.1 Å². The predicted molar refractivity (Wildman–Crippen MR) is 105 cm³/mol. The van der Waals surface area contributed by atoms with Gasteiger partial charge in [-0.3, -0.25) is 9.59 Å². The van der Waals surface area contributed by atoms with Crippen LogP contribution in [0.5, 0.6) is 0 Å². The van der Waals surface area contributed by atoms with Crippen LogP contribution in [-0.4, -0.2) is 10.5 Å². The van der Waals surface area contributed by atoms with Crippen molar-refractivity contribution in [3.63, 3.8) is 0 Å². The van der Waals surface area contributed by atoms with Crippen molar-refractivity contribution < 1.29 is 31.1 Å². The summed E-state index contributed by atoms with van der Waals surface area (Å²) in [6, 6.07) is 7.58. The number of anilines is 1. The van der Waals surface area contributed by atoms with E-state index in [4.69, 9.17) is 0 Å². The van der Waals surface area contributed by atoms with Crippen molar-refractivity contribution in [2.24, 2.45) is 0 Å². The molecule has 0 bridgehead atoms. The Labute approximate surface area is 177 Å². The van der Waals surface area contributed by atoms with Gasteiger partial charge in [0.1, 0.15) is 0 Å². The molecule has 3 aromatic rings. The largest absolute Gasteiger partial charge is 0.416 e. The van der Waals surface area contributed by atoms with Crippen LogP contribution in [0.3, 0.4) is 0 Å². The highest BCUT2D eigenvalue weighted by Crippen LogP contribution is 2.38. The van der Waals surface area contributed by atoms with Gasteiger partial charge in [0.15, 0.2) is 0 Å². The van der Waals surface area contributed by atoms with Gasteiger partial charge < -0.3 is 9.88 Å². The minimum absolute atomic E-state index is 0.000860. The van der Waals surface area contributed by atoms with Crippen LogP contribution in [-0.2, 0) is 23.6 Å². The highest BCUT2D eigenvalue weighted by Gasteiger charge is 2.38. The van der Waals surface area contributed by atoms with Crippen molar-refractivity contribution in [3.8, 4) is 0 Å². The molecule has 1 aliphatic carbocycles. The van der Waals surface area contributed by atoms with Gasteiger partial charge in [-0.25, -0.2) is 0 Å². The molecule has 0 radical (unpaired) electrons. The number of halogens is 6. The summed E-state index contributed by atoms with van der Waals surface area (Å²) in [4.78, 5) is 25.1. The lowest BCUT2D eigenvalue weighted by molar-refractivity contribution is -0.143. The maximum absolute atomic E-state index is 13.3. The second-order valence-corrected chi connectivity index (χ2v) is 7.62. The molecule has 0 spiro atoms. The molecule has 1 aliphatic rings. The van der Waals surface area contributed by atoms with E-state index in [2.05, 4.69) is 5.32 Å². The topological polar surface area (TPSA) is 51.1 Å². The third-order valence-corrected chi connectivity index (χ3v) is 5.28. The molecule has 1 N–H and O–H groups in total. The lowest BCUT2D eigenvalue weighted by Gasteiger charge is -2.16. The number of nitrogens with one attached hydrogen (secondary N) is 1. The number of carbonyl (C=O) groups excluding carboxylic acids is 1. The molecular weight excluding hydrogens is 438 g/mol. The maximum atomic E-state index is 13.3. The zero-order valence-corrected chi connectivity index (χ0v) is 16.3. The average Bonchev–Trinajstić information content (AvgIpc) is 3.52. The van der Waals surface area contributed by atoms with E-state index in [1.807, 2.05) is 0 Å². The molecule has 0 saturated heterocycles. The SMILES string of the molecule is O=C(Cc1ccc(C(F)(F)F)cc1C(F)(F)F)Nc1cccc2c(=O)n(C3CC3)ccc12. The first-order valence-electron chi connectivity index (χ1n) is 9.66. The standard InChI is InChI=1S/C22H16F6N2O2/c23-21(24,25)13-5-4-12(17(11-13)22(26,27)28)10-19(31)29-18-3-1-2-16-15(18)8-9-30(20(16)32)14-6-7-14/h1-5,8-9,11,14H,6-7,10H2,(H,29,31). The van der Waals surface area contributed by atoms with Gasteiger partial charge in [0.2, 0.25) is 5.91 Å². The third-order valence-electron chi connectivity index (χ3n) is 5.28. The first-order chi connectivity index (χ1) is 14.9. The minimum atomic E-state index is -5.07. The predicted octanol–water partition coefficient (Wildman–Crippen LogP) is 5.56. The molecule has 0 unspecified atom stereocenters. The highest BCUT2D eigenvalue weighted by molar-refractivity contribution is 6.02. The van der Waals surface area contributed by atoms with Gasteiger partial charge in [-0.05, 0) is 48.7 Å². The Morgan fingerprint density at radius 1 is 0.969 bits per heavy atom. The number of alkyl halides is 6. The lowest BCUT2D eigenvalue weighted by Crippen LogP contribution is -2.21. The van der Waals surface area contributed by atoms with E-state index in [0.29, 0.717) is 22.9 Å². The van der Waals surface area contributed by atoms with E-state index in [-0.39, 0.29) is 23.4 Å². The Balaban J connectivity index is 1.63. The first kappa shape index (κ1) is 21.9. The average molecular weight is 454 g/mol. The van der Waals surface area contributed by atoms with Crippen LogP contribution in [0.1, 0.15) is 35.6 Å². The summed E-state index contributed by atoms with van der Waals surface area (Å²) in [6.45, 7) is 0. The van der Waals surface area contributed by atoms with Gasteiger partial charge >= 0.3 is 12.4 Å². The van der Waals surface area contributed by atoms with Crippen molar-refractivity contribution in [1.29, 1.82) is 0 Å². The number of pyridine rings is 1. The molecular formula is C22H16F6N2O2. The molecule has 0 atom stereocenters. The fraction of sp³-hybridized carbons (Fsp3) is 0.273. The van der Waals surface area contributed by atoms with Crippen molar-refractivity contribution >= 4 is 22.4 Å². The van der Waals surface area contributed by atoms with Gasteiger partial charge in [0.25, 0.3) is 5.56 Å². The van der Waals surface area contributed by atoms with Crippen molar-refractivity contribution in [3.05, 3.63) is 75.7 Å². The number of carbonyl (C=O) groups is 1. The summed E-state index contributed by atoms with van der Waals surface area (Å²) in [5, 5.41) is 3.24. The van der Waals surface area contributed by atoms with E-state index in [0.717, 1.165) is 12.8 Å². The molecule has 1 saturated carbocycles. The number of nitrogens with zero attached hydrogens (tertiary/aromatic N) is 1. The Morgan fingerprint density at radius 3 is 2.31 bits per heavy atom. The molecule has 4 rings (SSSR count). The normalized spacial score (nSPS) is 14.6. The van der Waals surface area contributed by atoms with E-state index >= 15 is 0 Å². The number of aromatic nitrogens is 1. The smallest absolute Gasteiger partial charge is 0.325 e. The summed E-state index contributed by atoms with van der Waals surface area (Å²) in [5.41, 5.74) is -3.56. The van der Waals surface area contributed by atoms with Crippen LogP contribution in [0.25, 0.3) is 10.8 Å².